The minimum Gasteiger partial charge on any atom is -0.424 e. The number of aromatic nitrogens is 3. The van der Waals surface area contributed by atoms with Crippen molar-refractivity contribution in [2.45, 2.75) is 6.92 Å². The van der Waals surface area contributed by atoms with Crippen LogP contribution in [0.5, 0.6) is 11.8 Å². The largest absolute Gasteiger partial charge is 0.424 e. The first-order valence-electron chi connectivity index (χ1n) is 10.8. The molecule has 5 rings (SSSR count). The predicted molar refractivity (Wildman–Crippen MR) is 129 cm³/mol. The summed E-state index contributed by atoms with van der Waals surface area (Å²) in [4.78, 5) is 15.7. The zero-order valence-electron chi connectivity index (χ0n) is 18.3. The minimum absolute atomic E-state index is 0.238. The highest BCUT2D eigenvalue weighted by Crippen LogP contribution is 2.26. The van der Waals surface area contributed by atoms with E-state index in [9.17, 15) is 0 Å². The van der Waals surface area contributed by atoms with Crippen molar-refractivity contribution in [1.29, 1.82) is 0 Å². The normalized spacial score (nSPS) is 14.0. The molecule has 0 bridgehead atoms. The van der Waals surface area contributed by atoms with Crippen LogP contribution >= 0.6 is 0 Å². The van der Waals surface area contributed by atoms with Crippen LogP contribution in [0.2, 0.25) is 0 Å². The Morgan fingerprint density at radius 1 is 1.03 bits per heavy atom. The maximum Gasteiger partial charge on any atom is 0.325 e. The number of hydrogen-bond donors (Lipinski definition) is 1. The molecule has 1 N–H and O–H groups in total. The van der Waals surface area contributed by atoms with Gasteiger partial charge in [0.1, 0.15) is 11.6 Å². The molecule has 1 aliphatic heterocycles. The lowest BCUT2D eigenvalue weighted by Crippen LogP contribution is -2.36. The van der Waals surface area contributed by atoms with Crippen molar-refractivity contribution in [3.05, 3.63) is 78.0 Å². The molecule has 4 aromatic rings. The molecule has 0 saturated carbocycles. The van der Waals surface area contributed by atoms with Gasteiger partial charge in [-0.15, -0.1) is 0 Å². The summed E-state index contributed by atoms with van der Waals surface area (Å²) in [6.07, 6.45) is 3.52. The molecule has 0 amide bonds. The van der Waals surface area contributed by atoms with Crippen LogP contribution in [0.15, 0.2) is 72.0 Å². The zero-order chi connectivity index (χ0) is 22.5. The molecule has 1 saturated heterocycles. The smallest absolute Gasteiger partial charge is 0.325 e. The van der Waals surface area contributed by atoms with Crippen LogP contribution in [0.25, 0.3) is 10.9 Å². The lowest BCUT2D eigenvalue weighted by atomic mass is 10.2. The standard InChI is InChI=1S/C25H24N6O2/c1-18-4-2-5-19(14-18)17-27-30-23-16-24(31-10-12-32-13-11-31)29-25(28-23)33-21-8-7-20-6-3-9-26-22(20)15-21/h2-9,14-17H,10-13H2,1H3,(H,28,29,30). The van der Waals surface area contributed by atoms with E-state index in [4.69, 9.17) is 9.47 Å². The molecule has 0 unspecified atom stereocenters. The van der Waals surface area contributed by atoms with Gasteiger partial charge >= 0.3 is 6.01 Å². The van der Waals surface area contributed by atoms with E-state index in [2.05, 4.69) is 49.4 Å². The van der Waals surface area contributed by atoms with Gasteiger partial charge in [-0.25, -0.2) is 0 Å². The van der Waals surface area contributed by atoms with Crippen molar-refractivity contribution in [1.82, 2.24) is 15.0 Å². The van der Waals surface area contributed by atoms with E-state index in [-0.39, 0.29) is 6.01 Å². The molecule has 8 nitrogen and oxygen atoms in total. The summed E-state index contributed by atoms with van der Waals surface area (Å²) < 4.78 is 11.5. The third kappa shape index (κ3) is 5.24. The lowest BCUT2D eigenvalue weighted by molar-refractivity contribution is 0.122. The van der Waals surface area contributed by atoms with Crippen molar-refractivity contribution < 1.29 is 9.47 Å². The quantitative estimate of drug-likeness (QED) is 0.351. The molecular formula is C25H24N6O2. The fraction of sp³-hybridized carbons (Fsp3) is 0.200. The van der Waals surface area contributed by atoms with Gasteiger partial charge in [-0.3, -0.25) is 10.4 Å². The van der Waals surface area contributed by atoms with Gasteiger partial charge in [-0.05, 0) is 30.7 Å². The molecule has 0 aliphatic carbocycles. The molecule has 33 heavy (non-hydrogen) atoms. The van der Waals surface area contributed by atoms with Crippen LogP contribution in [0, 0.1) is 6.92 Å². The molecular weight excluding hydrogens is 416 g/mol. The first-order chi connectivity index (χ1) is 16.2. The molecule has 0 radical (unpaired) electrons. The highest BCUT2D eigenvalue weighted by molar-refractivity contribution is 5.80. The summed E-state index contributed by atoms with van der Waals surface area (Å²) in [6.45, 7) is 4.87. The van der Waals surface area contributed by atoms with Crippen molar-refractivity contribution in [2.75, 3.05) is 36.6 Å². The molecule has 2 aromatic carbocycles. The summed E-state index contributed by atoms with van der Waals surface area (Å²) in [5.41, 5.74) is 6.05. The van der Waals surface area contributed by atoms with Gasteiger partial charge in [0.2, 0.25) is 0 Å². The van der Waals surface area contributed by atoms with Crippen LogP contribution in [0.1, 0.15) is 11.1 Å². The Morgan fingerprint density at radius 3 is 2.82 bits per heavy atom. The number of benzene rings is 2. The zero-order valence-corrected chi connectivity index (χ0v) is 18.3. The highest BCUT2D eigenvalue weighted by atomic mass is 16.5. The molecule has 0 spiro atoms. The summed E-state index contributed by atoms with van der Waals surface area (Å²) >= 11 is 0. The highest BCUT2D eigenvalue weighted by Gasteiger charge is 2.16. The van der Waals surface area contributed by atoms with Crippen LogP contribution in [-0.4, -0.2) is 47.5 Å². The van der Waals surface area contributed by atoms with E-state index in [1.807, 2.05) is 48.5 Å². The first-order valence-corrected chi connectivity index (χ1v) is 10.8. The SMILES string of the molecule is Cc1cccc(C=NNc2cc(N3CCOCC3)nc(Oc3ccc4cccnc4c3)n2)c1. The van der Waals surface area contributed by atoms with Gasteiger partial charge < -0.3 is 14.4 Å². The maximum absolute atomic E-state index is 6.03. The van der Waals surface area contributed by atoms with Crippen molar-refractivity contribution >= 4 is 28.8 Å². The first kappa shape index (κ1) is 20.8. The molecule has 0 atom stereocenters. The number of nitrogens with zero attached hydrogens (tertiary/aromatic N) is 5. The minimum atomic E-state index is 0.238. The monoisotopic (exact) mass is 440 g/mol. The predicted octanol–water partition coefficient (Wildman–Crippen LogP) is 4.41. The fourth-order valence-electron chi connectivity index (χ4n) is 3.61. The van der Waals surface area contributed by atoms with Gasteiger partial charge in [0.15, 0.2) is 5.82 Å². The summed E-state index contributed by atoms with van der Waals surface area (Å²) in [5, 5.41) is 5.40. The van der Waals surface area contributed by atoms with Gasteiger partial charge in [0.05, 0.1) is 24.9 Å². The summed E-state index contributed by atoms with van der Waals surface area (Å²) in [7, 11) is 0. The van der Waals surface area contributed by atoms with E-state index < -0.39 is 0 Å². The van der Waals surface area contributed by atoms with E-state index in [0.29, 0.717) is 24.8 Å². The Kier molecular flexibility index (Phi) is 6.08. The third-order valence-corrected chi connectivity index (χ3v) is 5.25. The number of anilines is 2. The van der Waals surface area contributed by atoms with Crippen LogP contribution in [0.4, 0.5) is 11.6 Å². The third-order valence-electron chi connectivity index (χ3n) is 5.25. The van der Waals surface area contributed by atoms with Gasteiger partial charge in [-0.1, -0.05) is 35.9 Å². The van der Waals surface area contributed by atoms with Crippen molar-refractivity contribution in [3.8, 4) is 11.8 Å². The molecule has 1 aliphatic rings. The van der Waals surface area contributed by atoms with E-state index >= 15 is 0 Å². The topological polar surface area (TPSA) is 84.8 Å². The average molecular weight is 441 g/mol. The van der Waals surface area contributed by atoms with E-state index in [1.165, 1.54) is 5.56 Å². The Balaban J connectivity index is 1.41. The Bertz CT molecular complexity index is 1290. The number of rotatable bonds is 6. The second-order valence-corrected chi connectivity index (χ2v) is 7.74. The number of nitrogens with one attached hydrogen (secondary N) is 1. The van der Waals surface area contributed by atoms with Crippen LogP contribution in [-0.2, 0) is 4.74 Å². The lowest BCUT2D eigenvalue weighted by Gasteiger charge is -2.28. The van der Waals surface area contributed by atoms with Crippen LogP contribution < -0.4 is 15.1 Å². The molecule has 1 fully saturated rings. The maximum atomic E-state index is 6.03. The van der Waals surface area contributed by atoms with Gasteiger partial charge in [0.25, 0.3) is 0 Å². The Labute approximate surface area is 191 Å². The van der Waals surface area contributed by atoms with Gasteiger partial charge in [0, 0.05) is 36.8 Å². The van der Waals surface area contributed by atoms with E-state index in [1.54, 1.807) is 12.4 Å². The Hall–Kier alpha value is -4.04. The van der Waals surface area contributed by atoms with Crippen molar-refractivity contribution in [2.24, 2.45) is 5.10 Å². The molecule has 2 aromatic heterocycles. The van der Waals surface area contributed by atoms with Gasteiger partial charge in [-0.2, -0.15) is 15.1 Å². The molecule has 166 valence electrons. The molecule has 3 heterocycles. The number of ether oxygens (including phenoxy) is 2. The summed E-state index contributed by atoms with van der Waals surface area (Å²) in [6, 6.07) is 19.9. The number of aryl methyl sites for hydroxylation is 1. The second-order valence-electron chi connectivity index (χ2n) is 7.74. The average Bonchev–Trinajstić information content (AvgIpc) is 2.84. The fourth-order valence-corrected chi connectivity index (χ4v) is 3.61. The van der Waals surface area contributed by atoms with Crippen molar-refractivity contribution in [3.63, 3.8) is 0 Å². The number of fused-ring (bicyclic) bond motifs is 1. The number of morpholine rings is 1. The van der Waals surface area contributed by atoms with E-state index in [0.717, 1.165) is 35.4 Å². The number of hydrazone groups is 1. The molecule has 8 heteroatoms. The second kappa shape index (κ2) is 9.62. The number of pyridine rings is 1. The summed E-state index contributed by atoms with van der Waals surface area (Å²) in [5.74, 6) is 1.93. The Morgan fingerprint density at radius 2 is 1.94 bits per heavy atom. The number of hydrogen-bond acceptors (Lipinski definition) is 8. The van der Waals surface area contributed by atoms with Crippen LogP contribution in [0.3, 0.4) is 0 Å².